The third-order valence-electron chi connectivity index (χ3n) is 5.26. The molecule has 0 saturated carbocycles. The van der Waals surface area contributed by atoms with E-state index < -0.39 is 23.5 Å². The van der Waals surface area contributed by atoms with Crippen LogP contribution in [-0.4, -0.2) is 29.5 Å². The maximum atomic E-state index is 13.3. The first-order valence-corrected chi connectivity index (χ1v) is 10.8. The van der Waals surface area contributed by atoms with Gasteiger partial charge in [-0.15, -0.1) is 0 Å². The van der Waals surface area contributed by atoms with Gasteiger partial charge in [-0.2, -0.15) is 41.8 Å². The molecule has 2 N–H and O–H groups in total. The van der Waals surface area contributed by atoms with Crippen LogP contribution in [0.25, 0.3) is 33.3 Å². The second-order valence-electron chi connectivity index (χ2n) is 8.04. The second kappa shape index (κ2) is 9.49. The predicted octanol–water partition coefficient (Wildman–Crippen LogP) is 5.75. The third-order valence-corrected chi connectivity index (χ3v) is 5.46. The number of hydrogen-bond acceptors (Lipinski definition) is 6. The SMILES string of the molecule is Cn1cc2c(C(F)(F)F)cc(-c3ccc(N)c(C#N)c3)nc2n1.Cn1cc2c(C(F)(F)F)cc(Cl)nc2n1. The van der Waals surface area contributed by atoms with E-state index in [1.807, 2.05) is 6.07 Å². The van der Waals surface area contributed by atoms with Gasteiger partial charge in [-0.05, 0) is 24.3 Å². The number of nitrogens with zero attached hydrogens (tertiary/aromatic N) is 7. The third kappa shape index (κ3) is 5.32. The van der Waals surface area contributed by atoms with Crippen molar-refractivity contribution >= 4 is 39.4 Å². The lowest BCUT2D eigenvalue weighted by Crippen LogP contribution is -2.06. The first kappa shape index (κ1) is 26.7. The van der Waals surface area contributed by atoms with Crippen molar-refractivity contribution in [2.45, 2.75) is 12.4 Å². The van der Waals surface area contributed by atoms with E-state index in [1.165, 1.54) is 54.1 Å². The minimum absolute atomic E-state index is 0.00248. The average molecular weight is 553 g/mol. The van der Waals surface area contributed by atoms with Crippen LogP contribution in [0.3, 0.4) is 0 Å². The first-order valence-electron chi connectivity index (χ1n) is 10.5. The molecule has 8 nitrogen and oxygen atoms in total. The van der Waals surface area contributed by atoms with Crippen LogP contribution >= 0.6 is 11.6 Å². The summed E-state index contributed by atoms with van der Waals surface area (Å²) in [5.41, 5.74) is 4.88. The molecule has 0 radical (unpaired) electrons. The van der Waals surface area contributed by atoms with Gasteiger partial charge in [0.15, 0.2) is 11.3 Å². The smallest absolute Gasteiger partial charge is 0.398 e. The van der Waals surface area contributed by atoms with Gasteiger partial charge in [-0.3, -0.25) is 9.36 Å². The van der Waals surface area contributed by atoms with Crippen molar-refractivity contribution in [1.29, 1.82) is 5.26 Å². The van der Waals surface area contributed by atoms with Crippen LogP contribution in [-0.2, 0) is 26.4 Å². The number of nitriles is 1. The molecule has 0 bridgehead atoms. The monoisotopic (exact) mass is 552 g/mol. The van der Waals surface area contributed by atoms with Crippen LogP contribution in [0.15, 0.2) is 42.7 Å². The molecule has 4 aromatic heterocycles. The molecule has 0 aliphatic rings. The molecule has 0 aliphatic carbocycles. The van der Waals surface area contributed by atoms with Gasteiger partial charge < -0.3 is 5.73 Å². The highest BCUT2D eigenvalue weighted by molar-refractivity contribution is 6.29. The molecular formula is C23H15ClF6N8. The number of pyridine rings is 2. The minimum Gasteiger partial charge on any atom is -0.398 e. The van der Waals surface area contributed by atoms with Crippen LogP contribution in [0.1, 0.15) is 16.7 Å². The van der Waals surface area contributed by atoms with Crippen molar-refractivity contribution in [3.63, 3.8) is 0 Å². The standard InChI is InChI=1S/C15H10F3N5.C8H5ClF3N3/c1-23-7-10-11(15(16,17)18)5-13(21-14(10)22-23)8-2-3-12(20)9(4-8)6-19;1-15-3-4-5(8(10,11)12)2-6(9)13-7(4)14-15/h2-5,7H,20H2,1H3;2-3H,1H3. The van der Waals surface area contributed by atoms with Crippen molar-refractivity contribution in [1.82, 2.24) is 29.5 Å². The summed E-state index contributed by atoms with van der Waals surface area (Å²) in [7, 11) is 3.05. The van der Waals surface area contributed by atoms with E-state index in [4.69, 9.17) is 22.6 Å². The van der Waals surface area contributed by atoms with Crippen LogP contribution < -0.4 is 5.73 Å². The number of aryl methyl sites for hydroxylation is 2. The largest absolute Gasteiger partial charge is 0.417 e. The Kier molecular flexibility index (Phi) is 6.66. The van der Waals surface area contributed by atoms with Gasteiger partial charge in [-0.1, -0.05) is 17.7 Å². The van der Waals surface area contributed by atoms with E-state index in [9.17, 15) is 26.3 Å². The molecule has 38 heavy (non-hydrogen) atoms. The van der Waals surface area contributed by atoms with Crippen molar-refractivity contribution in [3.8, 4) is 17.3 Å². The van der Waals surface area contributed by atoms with Crippen molar-refractivity contribution in [2.75, 3.05) is 5.73 Å². The highest BCUT2D eigenvalue weighted by Gasteiger charge is 2.35. The lowest BCUT2D eigenvalue weighted by molar-refractivity contribution is -0.137. The summed E-state index contributed by atoms with van der Waals surface area (Å²) < 4.78 is 80.2. The summed E-state index contributed by atoms with van der Waals surface area (Å²) in [6.07, 6.45) is -6.45. The number of hydrogen-bond donors (Lipinski definition) is 1. The van der Waals surface area contributed by atoms with Crippen molar-refractivity contribution < 1.29 is 26.3 Å². The number of anilines is 1. The Morgan fingerprint density at radius 3 is 1.89 bits per heavy atom. The van der Waals surface area contributed by atoms with Gasteiger partial charge in [0.1, 0.15) is 11.2 Å². The molecule has 196 valence electrons. The summed E-state index contributed by atoms with van der Waals surface area (Å²) in [5, 5.41) is 16.4. The first-order chi connectivity index (χ1) is 17.7. The number of rotatable bonds is 1. The number of nitrogens with two attached hydrogens (primary N) is 1. The summed E-state index contributed by atoms with van der Waals surface area (Å²) in [4.78, 5) is 7.87. The number of benzene rings is 1. The summed E-state index contributed by atoms with van der Waals surface area (Å²) in [6, 6.07) is 8.04. The molecule has 4 heterocycles. The van der Waals surface area contributed by atoms with E-state index in [1.54, 1.807) is 0 Å². The maximum Gasteiger partial charge on any atom is 0.417 e. The average Bonchev–Trinajstić information content (AvgIpc) is 3.37. The topological polar surface area (TPSA) is 111 Å². The molecule has 0 spiro atoms. The Labute approximate surface area is 214 Å². The molecule has 5 aromatic rings. The van der Waals surface area contributed by atoms with Gasteiger partial charge in [0.2, 0.25) is 0 Å². The highest BCUT2D eigenvalue weighted by atomic mass is 35.5. The Bertz CT molecular complexity index is 1710. The second-order valence-corrected chi connectivity index (χ2v) is 8.42. The van der Waals surface area contributed by atoms with Crippen molar-refractivity contribution in [2.24, 2.45) is 14.1 Å². The molecule has 0 unspecified atom stereocenters. The minimum atomic E-state index is -4.54. The van der Waals surface area contributed by atoms with Crippen LogP contribution in [0, 0.1) is 11.3 Å². The quantitative estimate of drug-likeness (QED) is 0.161. The summed E-state index contributed by atoms with van der Waals surface area (Å²) in [5.74, 6) is 0. The number of nitrogen functional groups attached to an aromatic ring is 1. The highest BCUT2D eigenvalue weighted by Crippen LogP contribution is 2.37. The molecular weight excluding hydrogens is 538 g/mol. The lowest BCUT2D eigenvalue weighted by atomic mass is 10.0. The van der Waals surface area contributed by atoms with Crippen LogP contribution in [0.4, 0.5) is 32.0 Å². The van der Waals surface area contributed by atoms with Crippen LogP contribution in [0.2, 0.25) is 5.15 Å². The summed E-state index contributed by atoms with van der Waals surface area (Å²) in [6.45, 7) is 0. The summed E-state index contributed by atoms with van der Waals surface area (Å²) >= 11 is 5.48. The van der Waals surface area contributed by atoms with Gasteiger partial charge >= 0.3 is 12.4 Å². The normalized spacial score (nSPS) is 11.9. The Balaban J connectivity index is 0.000000194. The zero-order valence-electron chi connectivity index (χ0n) is 19.4. The van der Waals surface area contributed by atoms with E-state index in [0.717, 1.165) is 12.1 Å². The number of aromatic nitrogens is 6. The van der Waals surface area contributed by atoms with E-state index in [0.29, 0.717) is 5.56 Å². The molecule has 5 rings (SSSR count). The zero-order valence-corrected chi connectivity index (χ0v) is 20.2. The fourth-order valence-electron chi connectivity index (χ4n) is 3.62. The molecule has 0 saturated heterocycles. The molecule has 0 aliphatic heterocycles. The molecule has 0 amide bonds. The number of fused-ring (bicyclic) bond motifs is 2. The Morgan fingerprint density at radius 2 is 1.37 bits per heavy atom. The predicted molar refractivity (Wildman–Crippen MR) is 127 cm³/mol. The van der Waals surface area contributed by atoms with E-state index in [-0.39, 0.29) is 44.2 Å². The van der Waals surface area contributed by atoms with Gasteiger partial charge in [-0.25, -0.2) is 9.97 Å². The van der Waals surface area contributed by atoms with E-state index in [2.05, 4.69) is 20.2 Å². The van der Waals surface area contributed by atoms with Gasteiger partial charge in [0, 0.05) is 37.7 Å². The molecule has 0 atom stereocenters. The fraction of sp³-hybridized carbons (Fsp3) is 0.174. The van der Waals surface area contributed by atoms with Gasteiger partial charge in [0.25, 0.3) is 0 Å². The van der Waals surface area contributed by atoms with Crippen LogP contribution in [0.5, 0.6) is 0 Å². The number of alkyl halides is 6. The lowest BCUT2D eigenvalue weighted by Gasteiger charge is -2.10. The zero-order chi connectivity index (χ0) is 28.0. The van der Waals surface area contributed by atoms with Crippen molar-refractivity contribution in [3.05, 3.63) is 64.6 Å². The number of halogens is 7. The fourth-order valence-corrected chi connectivity index (χ4v) is 3.81. The Morgan fingerprint density at radius 1 is 0.842 bits per heavy atom. The molecule has 1 aromatic carbocycles. The Hall–Kier alpha value is -4.38. The maximum absolute atomic E-state index is 13.3. The molecule has 0 fully saturated rings. The van der Waals surface area contributed by atoms with E-state index >= 15 is 0 Å². The van der Waals surface area contributed by atoms with Gasteiger partial charge in [0.05, 0.1) is 33.2 Å². The molecule has 15 heteroatoms.